The summed E-state index contributed by atoms with van der Waals surface area (Å²) in [6.45, 7) is 9.61. The molecule has 0 saturated carbocycles. The van der Waals surface area contributed by atoms with Gasteiger partial charge in [0.05, 0.1) is 5.54 Å². The molecule has 2 N–H and O–H groups in total. The molecular formula is C12H24N2O2. The standard InChI is InChI=1S/C12H24N2O2/c1-5-12(7-6-8-13-9-12)14-10(15)16-11(2,3)4/h13H,5-9H2,1-4H3,(H,14,15). The Bertz CT molecular complexity index is 240. The molecule has 1 aliphatic rings. The van der Waals surface area contributed by atoms with Crippen LogP contribution in [0.15, 0.2) is 0 Å². The number of nitrogens with one attached hydrogen (secondary N) is 2. The first kappa shape index (κ1) is 13.3. The third-order valence-electron chi connectivity index (χ3n) is 2.92. The number of hydrogen-bond donors (Lipinski definition) is 2. The highest BCUT2D eigenvalue weighted by molar-refractivity contribution is 5.68. The van der Waals surface area contributed by atoms with Gasteiger partial charge in [-0.2, -0.15) is 0 Å². The minimum atomic E-state index is -0.429. The maximum absolute atomic E-state index is 11.7. The Labute approximate surface area is 98.1 Å². The van der Waals surface area contributed by atoms with E-state index >= 15 is 0 Å². The summed E-state index contributed by atoms with van der Waals surface area (Å²) >= 11 is 0. The summed E-state index contributed by atoms with van der Waals surface area (Å²) in [6, 6.07) is 0. The van der Waals surface area contributed by atoms with Gasteiger partial charge in [-0.25, -0.2) is 4.79 Å². The van der Waals surface area contributed by atoms with Crippen molar-refractivity contribution in [2.24, 2.45) is 0 Å². The predicted octanol–water partition coefficient (Wildman–Crippen LogP) is 2.04. The Morgan fingerprint density at radius 3 is 2.62 bits per heavy atom. The van der Waals surface area contributed by atoms with Crippen molar-refractivity contribution in [2.45, 2.75) is 58.1 Å². The highest BCUT2D eigenvalue weighted by Gasteiger charge is 2.33. The van der Waals surface area contributed by atoms with Crippen LogP contribution in [0.4, 0.5) is 4.79 Å². The Hall–Kier alpha value is -0.770. The SMILES string of the molecule is CCC1(NC(=O)OC(C)(C)C)CCCNC1. The van der Waals surface area contributed by atoms with E-state index in [2.05, 4.69) is 17.6 Å². The lowest BCUT2D eigenvalue weighted by Gasteiger charge is -2.38. The number of piperidine rings is 1. The molecule has 4 heteroatoms. The van der Waals surface area contributed by atoms with Gasteiger partial charge < -0.3 is 15.4 Å². The summed E-state index contributed by atoms with van der Waals surface area (Å²) in [7, 11) is 0. The molecule has 1 unspecified atom stereocenters. The van der Waals surface area contributed by atoms with E-state index < -0.39 is 5.60 Å². The van der Waals surface area contributed by atoms with Crippen LogP contribution in [0, 0.1) is 0 Å². The highest BCUT2D eigenvalue weighted by atomic mass is 16.6. The Morgan fingerprint density at radius 2 is 2.19 bits per heavy atom. The van der Waals surface area contributed by atoms with Gasteiger partial charge in [0.2, 0.25) is 0 Å². The lowest BCUT2D eigenvalue weighted by atomic mass is 9.88. The van der Waals surface area contributed by atoms with Crippen molar-refractivity contribution < 1.29 is 9.53 Å². The van der Waals surface area contributed by atoms with Gasteiger partial charge in [-0.3, -0.25) is 0 Å². The Kier molecular flexibility index (Phi) is 4.19. The molecule has 1 atom stereocenters. The number of carbonyl (C=O) groups excluding carboxylic acids is 1. The van der Waals surface area contributed by atoms with Gasteiger partial charge in [0.25, 0.3) is 0 Å². The molecule has 0 radical (unpaired) electrons. The Morgan fingerprint density at radius 1 is 1.50 bits per heavy atom. The molecule has 16 heavy (non-hydrogen) atoms. The third kappa shape index (κ3) is 4.00. The van der Waals surface area contributed by atoms with Gasteiger partial charge in [0.1, 0.15) is 5.60 Å². The van der Waals surface area contributed by atoms with Crippen LogP contribution in [0.5, 0.6) is 0 Å². The summed E-state index contributed by atoms with van der Waals surface area (Å²) < 4.78 is 5.29. The van der Waals surface area contributed by atoms with Gasteiger partial charge in [0, 0.05) is 6.54 Å². The summed E-state index contributed by atoms with van der Waals surface area (Å²) in [5.74, 6) is 0. The molecule has 4 nitrogen and oxygen atoms in total. The molecular weight excluding hydrogens is 204 g/mol. The van der Waals surface area contributed by atoms with Crippen LogP contribution in [0.2, 0.25) is 0 Å². The summed E-state index contributed by atoms with van der Waals surface area (Å²) in [5, 5.41) is 6.34. The van der Waals surface area contributed by atoms with E-state index in [0.29, 0.717) is 0 Å². The smallest absolute Gasteiger partial charge is 0.408 e. The molecule has 0 aromatic rings. The highest BCUT2D eigenvalue weighted by Crippen LogP contribution is 2.20. The minimum absolute atomic E-state index is 0.124. The lowest BCUT2D eigenvalue weighted by Crippen LogP contribution is -2.58. The zero-order valence-corrected chi connectivity index (χ0v) is 10.9. The summed E-state index contributed by atoms with van der Waals surface area (Å²) in [5.41, 5.74) is -0.554. The summed E-state index contributed by atoms with van der Waals surface area (Å²) in [6.07, 6.45) is 2.75. The first-order valence-electron chi connectivity index (χ1n) is 6.09. The second-order valence-electron chi connectivity index (χ2n) is 5.54. The van der Waals surface area contributed by atoms with E-state index in [0.717, 1.165) is 32.4 Å². The maximum atomic E-state index is 11.7. The maximum Gasteiger partial charge on any atom is 0.408 e. The van der Waals surface area contributed by atoms with Crippen LogP contribution < -0.4 is 10.6 Å². The fraction of sp³-hybridized carbons (Fsp3) is 0.917. The fourth-order valence-electron chi connectivity index (χ4n) is 1.98. The number of amides is 1. The first-order valence-corrected chi connectivity index (χ1v) is 6.09. The van der Waals surface area contributed by atoms with E-state index in [9.17, 15) is 4.79 Å². The van der Waals surface area contributed by atoms with Crippen LogP contribution in [-0.4, -0.2) is 30.3 Å². The van der Waals surface area contributed by atoms with Crippen molar-refractivity contribution in [3.8, 4) is 0 Å². The molecule has 1 heterocycles. The minimum Gasteiger partial charge on any atom is -0.444 e. The molecule has 0 spiro atoms. The molecule has 1 amide bonds. The number of carbonyl (C=O) groups is 1. The van der Waals surface area contributed by atoms with Crippen molar-refractivity contribution in [3.05, 3.63) is 0 Å². The fourth-order valence-corrected chi connectivity index (χ4v) is 1.98. The number of alkyl carbamates (subject to hydrolysis) is 1. The molecule has 1 saturated heterocycles. The van der Waals surface area contributed by atoms with Gasteiger partial charge >= 0.3 is 6.09 Å². The predicted molar refractivity (Wildman–Crippen MR) is 64.5 cm³/mol. The van der Waals surface area contributed by atoms with E-state index in [1.54, 1.807) is 0 Å². The van der Waals surface area contributed by atoms with Gasteiger partial charge in [-0.15, -0.1) is 0 Å². The summed E-state index contributed by atoms with van der Waals surface area (Å²) in [4.78, 5) is 11.7. The Balaban J connectivity index is 2.52. The molecule has 0 aliphatic carbocycles. The average molecular weight is 228 g/mol. The topological polar surface area (TPSA) is 50.4 Å². The van der Waals surface area contributed by atoms with Crippen LogP contribution in [0.25, 0.3) is 0 Å². The van der Waals surface area contributed by atoms with Crippen molar-refractivity contribution in [2.75, 3.05) is 13.1 Å². The first-order chi connectivity index (χ1) is 7.37. The number of hydrogen-bond acceptors (Lipinski definition) is 3. The molecule has 0 bridgehead atoms. The van der Waals surface area contributed by atoms with E-state index in [1.165, 1.54) is 0 Å². The van der Waals surface area contributed by atoms with Crippen LogP contribution in [0.3, 0.4) is 0 Å². The van der Waals surface area contributed by atoms with Gasteiger partial charge in [-0.1, -0.05) is 6.92 Å². The van der Waals surface area contributed by atoms with Crippen LogP contribution in [0.1, 0.15) is 47.0 Å². The molecule has 1 aliphatic heterocycles. The lowest BCUT2D eigenvalue weighted by molar-refractivity contribution is 0.0431. The monoisotopic (exact) mass is 228 g/mol. The van der Waals surface area contributed by atoms with E-state index in [-0.39, 0.29) is 11.6 Å². The molecule has 0 aromatic heterocycles. The molecule has 94 valence electrons. The second-order valence-corrected chi connectivity index (χ2v) is 5.54. The molecule has 0 aromatic carbocycles. The van der Waals surface area contributed by atoms with Crippen molar-refractivity contribution in [1.82, 2.24) is 10.6 Å². The van der Waals surface area contributed by atoms with Gasteiger partial charge in [0.15, 0.2) is 0 Å². The zero-order valence-electron chi connectivity index (χ0n) is 10.9. The number of ether oxygens (including phenoxy) is 1. The van der Waals surface area contributed by atoms with Crippen molar-refractivity contribution >= 4 is 6.09 Å². The van der Waals surface area contributed by atoms with Crippen LogP contribution >= 0.6 is 0 Å². The molecule has 1 fully saturated rings. The van der Waals surface area contributed by atoms with E-state index in [4.69, 9.17) is 4.74 Å². The number of rotatable bonds is 2. The molecule has 1 rings (SSSR count). The average Bonchev–Trinajstić information content (AvgIpc) is 2.16. The zero-order chi connectivity index (χ0) is 12.2. The third-order valence-corrected chi connectivity index (χ3v) is 2.92. The van der Waals surface area contributed by atoms with Crippen molar-refractivity contribution in [1.29, 1.82) is 0 Å². The largest absolute Gasteiger partial charge is 0.444 e. The normalized spacial score (nSPS) is 26.2. The second kappa shape index (κ2) is 5.04. The van der Waals surface area contributed by atoms with Crippen LogP contribution in [-0.2, 0) is 4.74 Å². The van der Waals surface area contributed by atoms with Crippen molar-refractivity contribution in [3.63, 3.8) is 0 Å². The van der Waals surface area contributed by atoms with Gasteiger partial charge in [-0.05, 0) is 46.6 Å². The van der Waals surface area contributed by atoms with E-state index in [1.807, 2.05) is 20.8 Å². The quantitative estimate of drug-likeness (QED) is 0.760.